The number of carbonyl (C=O) groups excluding carboxylic acids is 3. The molecule has 5 N–H and O–H groups in total. The minimum Gasteiger partial charge on any atom is -0.497 e. The Morgan fingerprint density at radius 3 is 2.38 bits per heavy atom. The highest BCUT2D eigenvalue weighted by Gasteiger charge is 2.37. The summed E-state index contributed by atoms with van der Waals surface area (Å²) < 4.78 is 9.32. The molecule has 10 heteroatoms. The SMILES string of the molecule is COc1ccc([C@H](C(=O)NC2CCCC2)N(C(=O)c2snc(C(N)=O)c2N)c2cc(C)ccc2C)cc1. The quantitative estimate of drug-likeness (QED) is 0.411. The van der Waals surface area contributed by atoms with Gasteiger partial charge in [-0.3, -0.25) is 19.3 Å². The van der Waals surface area contributed by atoms with Crippen molar-refractivity contribution in [1.29, 1.82) is 0 Å². The van der Waals surface area contributed by atoms with E-state index in [-0.39, 0.29) is 28.2 Å². The number of hydrogen-bond donors (Lipinski definition) is 3. The number of nitrogens with one attached hydrogen (secondary N) is 1. The Balaban J connectivity index is 1.89. The Morgan fingerprint density at radius 1 is 1.11 bits per heavy atom. The minimum absolute atomic E-state index is 0.0405. The van der Waals surface area contributed by atoms with Crippen LogP contribution in [0.15, 0.2) is 42.5 Å². The lowest BCUT2D eigenvalue weighted by atomic mass is 10.00. The van der Waals surface area contributed by atoms with Gasteiger partial charge in [0.15, 0.2) is 5.69 Å². The second kappa shape index (κ2) is 11.0. The summed E-state index contributed by atoms with van der Waals surface area (Å²) in [5.41, 5.74) is 14.2. The number of benzene rings is 2. The molecule has 3 amide bonds. The predicted molar refractivity (Wildman–Crippen MR) is 144 cm³/mol. The van der Waals surface area contributed by atoms with Crippen LogP contribution in [0, 0.1) is 13.8 Å². The highest BCUT2D eigenvalue weighted by molar-refractivity contribution is 7.09. The fourth-order valence-electron chi connectivity index (χ4n) is 4.64. The van der Waals surface area contributed by atoms with Crippen molar-refractivity contribution >= 4 is 40.6 Å². The van der Waals surface area contributed by atoms with E-state index < -0.39 is 17.9 Å². The lowest BCUT2D eigenvalue weighted by Crippen LogP contribution is -2.46. The van der Waals surface area contributed by atoms with Crippen molar-refractivity contribution in [1.82, 2.24) is 9.69 Å². The molecule has 2 aromatic carbocycles. The molecule has 194 valence electrons. The van der Waals surface area contributed by atoms with Gasteiger partial charge in [-0.25, -0.2) is 0 Å². The van der Waals surface area contributed by atoms with Gasteiger partial charge < -0.3 is 21.5 Å². The maximum atomic E-state index is 14.2. The molecule has 3 aromatic rings. The van der Waals surface area contributed by atoms with Crippen LogP contribution >= 0.6 is 11.5 Å². The molecule has 37 heavy (non-hydrogen) atoms. The maximum absolute atomic E-state index is 14.2. The molecule has 1 atom stereocenters. The van der Waals surface area contributed by atoms with Crippen LogP contribution in [0.2, 0.25) is 0 Å². The van der Waals surface area contributed by atoms with Crippen molar-refractivity contribution in [3.63, 3.8) is 0 Å². The lowest BCUT2D eigenvalue weighted by molar-refractivity contribution is -0.123. The van der Waals surface area contributed by atoms with E-state index >= 15 is 0 Å². The zero-order chi connectivity index (χ0) is 26.7. The van der Waals surface area contributed by atoms with Crippen LogP contribution in [0.25, 0.3) is 0 Å². The number of carbonyl (C=O) groups is 3. The number of rotatable bonds is 8. The summed E-state index contributed by atoms with van der Waals surface area (Å²) in [6, 6.07) is 11.8. The zero-order valence-electron chi connectivity index (χ0n) is 21.1. The predicted octanol–water partition coefficient (Wildman–Crippen LogP) is 3.90. The van der Waals surface area contributed by atoms with E-state index in [1.165, 1.54) is 4.90 Å². The van der Waals surface area contributed by atoms with E-state index in [2.05, 4.69) is 9.69 Å². The average molecular weight is 522 g/mol. The van der Waals surface area contributed by atoms with Gasteiger partial charge in [-0.05, 0) is 73.1 Å². The van der Waals surface area contributed by atoms with Crippen LogP contribution < -0.4 is 26.4 Å². The molecule has 1 fully saturated rings. The van der Waals surface area contributed by atoms with Crippen LogP contribution in [0.4, 0.5) is 11.4 Å². The Bertz CT molecular complexity index is 1310. The van der Waals surface area contributed by atoms with E-state index in [0.717, 1.165) is 48.3 Å². The van der Waals surface area contributed by atoms with Crippen LogP contribution in [-0.2, 0) is 4.79 Å². The second-order valence-electron chi connectivity index (χ2n) is 9.27. The standard InChI is InChI=1S/C27H31N5O4S/c1-15-8-9-16(2)20(14-15)32(27(35)24-21(28)22(25(29)33)31-37-24)23(17-10-12-19(36-3)13-11-17)26(34)30-18-6-4-5-7-18/h8-14,18,23H,4-7,28H2,1-3H3,(H2,29,33)(H,30,34)/t23-/m1/s1. The number of nitrogen functional groups attached to an aromatic ring is 1. The summed E-state index contributed by atoms with van der Waals surface area (Å²) in [6.07, 6.45) is 3.88. The van der Waals surface area contributed by atoms with E-state index in [0.29, 0.717) is 17.0 Å². The van der Waals surface area contributed by atoms with Crippen molar-refractivity contribution in [3.05, 3.63) is 69.7 Å². The number of methoxy groups -OCH3 is 1. The first-order chi connectivity index (χ1) is 17.7. The number of nitrogens with two attached hydrogens (primary N) is 2. The van der Waals surface area contributed by atoms with Crippen molar-refractivity contribution in [2.45, 2.75) is 51.6 Å². The molecule has 0 spiro atoms. The van der Waals surface area contributed by atoms with E-state index in [4.69, 9.17) is 16.2 Å². The van der Waals surface area contributed by atoms with E-state index in [1.54, 1.807) is 31.4 Å². The highest BCUT2D eigenvalue weighted by atomic mass is 32.1. The number of anilines is 2. The summed E-state index contributed by atoms with van der Waals surface area (Å²) in [5.74, 6) is -1.04. The average Bonchev–Trinajstić information content (AvgIpc) is 3.53. The van der Waals surface area contributed by atoms with Crippen LogP contribution in [0.3, 0.4) is 0 Å². The molecule has 0 radical (unpaired) electrons. The molecule has 1 aliphatic rings. The summed E-state index contributed by atoms with van der Waals surface area (Å²) in [7, 11) is 1.56. The van der Waals surface area contributed by atoms with Gasteiger partial charge in [0.25, 0.3) is 11.8 Å². The number of nitrogens with zero attached hydrogens (tertiary/aromatic N) is 2. The number of ether oxygens (including phenoxy) is 1. The minimum atomic E-state index is -1.02. The van der Waals surface area contributed by atoms with Gasteiger partial charge in [-0.15, -0.1) is 0 Å². The lowest BCUT2D eigenvalue weighted by Gasteiger charge is -2.33. The number of primary amides is 1. The first kappa shape index (κ1) is 26.2. The third-order valence-corrected chi connectivity index (χ3v) is 7.49. The largest absolute Gasteiger partial charge is 0.497 e. The van der Waals surface area contributed by atoms with Gasteiger partial charge in [0.1, 0.15) is 16.7 Å². The smallest absolute Gasteiger partial charge is 0.273 e. The molecule has 0 unspecified atom stereocenters. The second-order valence-corrected chi connectivity index (χ2v) is 10.0. The highest BCUT2D eigenvalue weighted by Crippen LogP contribution is 2.36. The summed E-state index contributed by atoms with van der Waals surface area (Å²) in [4.78, 5) is 41.4. The molecule has 1 aromatic heterocycles. The van der Waals surface area contributed by atoms with Gasteiger partial charge in [0.2, 0.25) is 5.91 Å². The van der Waals surface area contributed by atoms with Gasteiger partial charge in [-0.1, -0.05) is 37.1 Å². The Labute approximate surface area is 220 Å². The van der Waals surface area contributed by atoms with Crippen molar-refractivity contribution in [3.8, 4) is 5.75 Å². The Hall–Kier alpha value is -3.92. The zero-order valence-corrected chi connectivity index (χ0v) is 21.9. The van der Waals surface area contributed by atoms with Gasteiger partial charge in [-0.2, -0.15) is 4.37 Å². The normalized spacial score (nSPS) is 14.2. The van der Waals surface area contributed by atoms with E-state index in [1.807, 2.05) is 32.0 Å². The fraction of sp³-hybridized carbons (Fsp3) is 0.333. The third kappa shape index (κ3) is 5.43. The first-order valence-corrected chi connectivity index (χ1v) is 12.9. The topological polar surface area (TPSA) is 141 Å². The summed E-state index contributed by atoms with van der Waals surface area (Å²) in [6.45, 7) is 3.79. The molecule has 1 heterocycles. The molecule has 4 rings (SSSR count). The summed E-state index contributed by atoms with van der Waals surface area (Å²) >= 11 is 0.790. The van der Waals surface area contributed by atoms with Crippen LogP contribution in [0.5, 0.6) is 5.75 Å². The van der Waals surface area contributed by atoms with Crippen molar-refractivity contribution in [2.24, 2.45) is 5.73 Å². The molecule has 1 aliphatic carbocycles. The van der Waals surface area contributed by atoms with Crippen molar-refractivity contribution in [2.75, 3.05) is 17.7 Å². The fourth-order valence-corrected chi connectivity index (χ4v) is 5.38. The van der Waals surface area contributed by atoms with Crippen LogP contribution in [0.1, 0.15) is 68.6 Å². The number of aromatic nitrogens is 1. The molecule has 0 aliphatic heterocycles. The van der Waals surface area contributed by atoms with Gasteiger partial charge in [0.05, 0.1) is 12.8 Å². The van der Waals surface area contributed by atoms with Crippen molar-refractivity contribution < 1.29 is 19.1 Å². The van der Waals surface area contributed by atoms with E-state index in [9.17, 15) is 14.4 Å². The molecule has 0 bridgehead atoms. The monoisotopic (exact) mass is 521 g/mol. The first-order valence-electron chi connectivity index (χ1n) is 12.1. The third-order valence-electron chi connectivity index (χ3n) is 6.64. The molecule has 0 saturated heterocycles. The van der Waals surface area contributed by atoms with Gasteiger partial charge >= 0.3 is 0 Å². The molecular weight excluding hydrogens is 490 g/mol. The molecule has 1 saturated carbocycles. The Morgan fingerprint density at radius 2 is 1.78 bits per heavy atom. The maximum Gasteiger partial charge on any atom is 0.273 e. The number of hydrogen-bond acceptors (Lipinski definition) is 7. The number of aryl methyl sites for hydroxylation is 2. The Kier molecular flexibility index (Phi) is 7.77. The van der Waals surface area contributed by atoms with Gasteiger partial charge in [0, 0.05) is 11.7 Å². The molecule has 9 nitrogen and oxygen atoms in total. The van der Waals surface area contributed by atoms with Crippen LogP contribution in [-0.4, -0.2) is 35.2 Å². The summed E-state index contributed by atoms with van der Waals surface area (Å²) in [5, 5.41) is 3.15. The number of amides is 3. The molecular formula is C27H31N5O4S.